The maximum Gasteiger partial charge on any atom is 0.224 e. The zero-order chi connectivity index (χ0) is 12.8. The van der Waals surface area contributed by atoms with Crippen LogP contribution >= 0.6 is 11.6 Å². The van der Waals surface area contributed by atoms with E-state index in [4.69, 9.17) is 16.9 Å². The first-order valence-electron chi connectivity index (χ1n) is 5.56. The number of carbonyl (C=O) groups is 1. The van der Waals surface area contributed by atoms with E-state index in [0.717, 1.165) is 6.42 Å². The Morgan fingerprint density at radius 2 is 2.29 bits per heavy atom. The summed E-state index contributed by atoms with van der Waals surface area (Å²) >= 11 is 5.83. The number of anilines is 1. The topological polar surface area (TPSA) is 52.9 Å². The number of rotatable bonds is 4. The first-order chi connectivity index (χ1) is 8.06. The van der Waals surface area contributed by atoms with Gasteiger partial charge in [0.1, 0.15) is 6.07 Å². The lowest BCUT2D eigenvalue weighted by atomic mass is 10.0. The molecule has 3 nitrogen and oxygen atoms in total. The largest absolute Gasteiger partial charge is 0.325 e. The molecule has 1 amide bonds. The molecule has 0 aliphatic carbocycles. The average molecular weight is 251 g/mol. The Labute approximate surface area is 106 Å². The van der Waals surface area contributed by atoms with Crippen molar-refractivity contribution in [2.24, 2.45) is 5.92 Å². The van der Waals surface area contributed by atoms with Crippen LogP contribution in [-0.4, -0.2) is 5.91 Å². The highest BCUT2D eigenvalue weighted by atomic mass is 35.5. The van der Waals surface area contributed by atoms with Crippen molar-refractivity contribution in [3.63, 3.8) is 0 Å². The molecule has 0 bridgehead atoms. The van der Waals surface area contributed by atoms with Crippen LogP contribution in [-0.2, 0) is 4.79 Å². The number of amides is 1. The smallest absolute Gasteiger partial charge is 0.224 e. The predicted octanol–water partition coefficient (Wildman–Crippen LogP) is 3.59. The normalized spacial score (nSPS) is 11.6. The third-order valence-corrected chi connectivity index (χ3v) is 2.84. The fourth-order valence-electron chi connectivity index (χ4n) is 1.38. The molecule has 1 rings (SSSR count). The quantitative estimate of drug-likeness (QED) is 0.888. The molecule has 0 heterocycles. The van der Waals surface area contributed by atoms with Crippen molar-refractivity contribution in [3.05, 3.63) is 28.8 Å². The van der Waals surface area contributed by atoms with E-state index >= 15 is 0 Å². The fourth-order valence-corrected chi connectivity index (χ4v) is 1.55. The van der Waals surface area contributed by atoms with Gasteiger partial charge in [-0.25, -0.2) is 0 Å². The minimum absolute atomic E-state index is 0.0851. The maximum atomic E-state index is 11.7. The third-order valence-electron chi connectivity index (χ3n) is 2.61. The van der Waals surface area contributed by atoms with Crippen LogP contribution < -0.4 is 5.32 Å². The molecule has 1 atom stereocenters. The van der Waals surface area contributed by atoms with Crippen molar-refractivity contribution in [1.29, 1.82) is 5.26 Å². The molecule has 0 saturated heterocycles. The Bertz CT molecular complexity index is 451. The average Bonchev–Trinajstić information content (AvgIpc) is 2.29. The lowest BCUT2D eigenvalue weighted by Crippen LogP contribution is -2.15. The Hall–Kier alpha value is -1.53. The van der Waals surface area contributed by atoms with Gasteiger partial charge in [-0.05, 0) is 24.1 Å². The first-order valence-corrected chi connectivity index (χ1v) is 5.94. The van der Waals surface area contributed by atoms with Gasteiger partial charge in [0.15, 0.2) is 0 Å². The van der Waals surface area contributed by atoms with Gasteiger partial charge in [0, 0.05) is 11.4 Å². The van der Waals surface area contributed by atoms with Crippen LogP contribution in [0.5, 0.6) is 0 Å². The molecule has 90 valence electrons. The highest BCUT2D eigenvalue weighted by Crippen LogP contribution is 2.21. The molecule has 1 aromatic rings. The van der Waals surface area contributed by atoms with Crippen molar-refractivity contribution < 1.29 is 4.79 Å². The second-order valence-corrected chi connectivity index (χ2v) is 4.50. The van der Waals surface area contributed by atoms with E-state index in [0.29, 0.717) is 28.6 Å². The van der Waals surface area contributed by atoms with E-state index in [1.807, 2.05) is 19.9 Å². The molecule has 0 radical (unpaired) electrons. The molecule has 4 heteroatoms. The predicted molar refractivity (Wildman–Crippen MR) is 68.9 cm³/mol. The van der Waals surface area contributed by atoms with Gasteiger partial charge in [0.25, 0.3) is 0 Å². The fraction of sp³-hybridized carbons (Fsp3) is 0.385. The highest BCUT2D eigenvalue weighted by Gasteiger charge is 2.10. The lowest BCUT2D eigenvalue weighted by molar-refractivity contribution is -0.117. The number of hydrogen-bond acceptors (Lipinski definition) is 2. The van der Waals surface area contributed by atoms with Gasteiger partial charge in [-0.1, -0.05) is 31.9 Å². The zero-order valence-corrected chi connectivity index (χ0v) is 10.7. The molecule has 1 unspecified atom stereocenters. The van der Waals surface area contributed by atoms with Crippen LogP contribution in [0.2, 0.25) is 5.02 Å². The summed E-state index contributed by atoms with van der Waals surface area (Å²) in [5.74, 6) is 0.248. The summed E-state index contributed by atoms with van der Waals surface area (Å²) < 4.78 is 0. The van der Waals surface area contributed by atoms with Crippen LogP contribution in [0.15, 0.2) is 18.2 Å². The van der Waals surface area contributed by atoms with E-state index < -0.39 is 0 Å². The molecular formula is C13H15ClN2O. The van der Waals surface area contributed by atoms with E-state index in [2.05, 4.69) is 5.32 Å². The van der Waals surface area contributed by atoms with Crippen molar-refractivity contribution in [2.45, 2.75) is 26.7 Å². The summed E-state index contributed by atoms with van der Waals surface area (Å²) in [4.78, 5) is 11.7. The number of nitrogens with one attached hydrogen (secondary N) is 1. The van der Waals surface area contributed by atoms with Crippen molar-refractivity contribution in [1.82, 2.24) is 0 Å². The van der Waals surface area contributed by atoms with Gasteiger partial charge in [0.2, 0.25) is 5.91 Å². The SMILES string of the molecule is CCC(C)CC(=O)Nc1cc(Cl)ccc1C#N. The van der Waals surface area contributed by atoms with Gasteiger partial charge in [0.05, 0.1) is 11.3 Å². The van der Waals surface area contributed by atoms with Crippen molar-refractivity contribution in [3.8, 4) is 6.07 Å². The van der Waals surface area contributed by atoms with E-state index in [9.17, 15) is 4.79 Å². The number of nitriles is 1. The van der Waals surface area contributed by atoms with Gasteiger partial charge < -0.3 is 5.32 Å². The van der Waals surface area contributed by atoms with Crippen LogP contribution in [0.3, 0.4) is 0 Å². The summed E-state index contributed by atoms with van der Waals surface area (Å²) in [6.07, 6.45) is 1.40. The minimum atomic E-state index is -0.0851. The highest BCUT2D eigenvalue weighted by molar-refractivity contribution is 6.31. The van der Waals surface area contributed by atoms with Gasteiger partial charge >= 0.3 is 0 Å². The van der Waals surface area contributed by atoms with E-state index in [1.54, 1.807) is 18.2 Å². The second kappa shape index (κ2) is 6.27. The number of benzene rings is 1. The van der Waals surface area contributed by atoms with Crippen molar-refractivity contribution in [2.75, 3.05) is 5.32 Å². The number of hydrogen-bond donors (Lipinski definition) is 1. The van der Waals surface area contributed by atoms with Crippen LogP contribution in [0, 0.1) is 17.2 Å². The standard InChI is InChI=1S/C13H15ClN2O/c1-3-9(2)6-13(17)16-12-7-11(14)5-4-10(12)8-15/h4-5,7,9H,3,6H2,1-2H3,(H,16,17). The summed E-state index contributed by atoms with van der Waals surface area (Å²) in [7, 11) is 0. The zero-order valence-electron chi connectivity index (χ0n) is 9.96. The third kappa shape index (κ3) is 4.08. The number of halogens is 1. The molecule has 0 saturated carbocycles. The Morgan fingerprint density at radius 1 is 1.59 bits per heavy atom. The molecule has 0 aliphatic heterocycles. The minimum Gasteiger partial charge on any atom is -0.325 e. The van der Waals surface area contributed by atoms with Crippen LogP contribution in [0.1, 0.15) is 32.3 Å². The lowest BCUT2D eigenvalue weighted by Gasteiger charge is -2.10. The molecule has 17 heavy (non-hydrogen) atoms. The van der Waals surface area contributed by atoms with Crippen LogP contribution in [0.4, 0.5) is 5.69 Å². The van der Waals surface area contributed by atoms with Gasteiger partial charge in [-0.3, -0.25) is 4.79 Å². The molecular weight excluding hydrogens is 236 g/mol. The van der Waals surface area contributed by atoms with Gasteiger partial charge in [-0.2, -0.15) is 5.26 Å². The Kier molecular flexibility index (Phi) is 4.99. The molecule has 0 spiro atoms. The summed E-state index contributed by atoms with van der Waals surface area (Å²) in [5, 5.41) is 12.1. The van der Waals surface area contributed by atoms with E-state index in [1.165, 1.54) is 0 Å². The van der Waals surface area contributed by atoms with E-state index in [-0.39, 0.29) is 5.91 Å². The first kappa shape index (κ1) is 13.5. The summed E-state index contributed by atoms with van der Waals surface area (Å²) in [5.41, 5.74) is 0.903. The second-order valence-electron chi connectivity index (χ2n) is 4.07. The molecule has 0 aromatic heterocycles. The van der Waals surface area contributed by atoms with Crippen molar-refractivity contribution >= 4 is 23.2 Å². The van der Waals surface area contributed by atoms with Gasteiger partial charge in [-0.15, -0.1) is 0 Å². The molecule has 1 N–H and O–H groups in total. The summed E-state index contributed by atoms with van der Waals surface area (Å²) in [6, 6.07) is 6.84. The monoisotopic (exact) mass is 250 g/mol. The molecule has 0 fully saturated rings. The number of nitrogens with zero attached hydrogens (tertiary/aromatic N) is 1. The number of carbonyl (C=O) groups excluding carboxylic acids is 1. The molecule has 1 aromatic carbocycles. The summed E-state index contributed by atoms with van der Waals surface area (Å²) in [6.45, 7) is 4.06. The van der Waals surface area contributed by atoms with Crippen LogP contribution in [0.25, 0.3) is 0 Å². The Morgan fingerprint density at radius 3 is 2.88 bits per heavy atom. The molecule has 0 aliphatic rings. The Balaban J connectivity index is 2.77. The maximum absolute atomic E-state index is 11.7.